The summed E-state index contributed by atoms with van der Waals surface area (Å²) in [6, 6.07) is 8.28. The van der Waals surface area contributed by atoms with Crippen LogP contribution in [0.15, 0.2) is 24.3 Å². The Kier molecular flexibility index (Phi) is 2.73. The minimum atomic E-state index is -0.216. The van der Waals surface area contributed by atoms with Crippen molar-refractivity contribution in [3.8, 4) is 0 Å². The molecule has 0 saturated carbocycles. The van der Waals surface area contributed by atoms with Crippen LogP contribution in [0.1, 0.15) is 18.1 Å². The number of rotatable bonds is 1. The molecule has 1 aliphatic rings. The second kappa shape index (κ2) is 4.03. The summed E-state index contributed by atoms with van der Waals surface area (Å²) in [4.78, 5) is 13.0. The van der Waals surface area contributed by atoms with Crippen LogP contribution in [0, 0.1) is 0 Å². The third kappa shape index (κ3) is 2.18. The molecule has 0 radical (unpaired) electrons. The first-order valence-corrected chi connectivity index (χ1v) is 5.11. The van der Waals surface area contributed by atoms with Crippen LogP contribution in [0.2, 0.25) is 0 Å². The van der Waals surface area contributed by atoms with Gasteiger partial charge in [-0.15, -0.1) is 0 Å². The van der Waals surface area contributed by atoms with Gasteiger partial charge in [0, 0.05) is 19.9 Å². The van der Waals surface area contributed by atoms with Crippen LogP contribution in [0.5, 0.6) is 0 Å². The van der Waals surface area contributed by atoms with E-state index in [1.54, 1.807) is 0 Å². The zero-order valence-corrected chi connectivity index (χ0v) is 9.06. The molecular formula is C12H15NO2. The molecule has 1 aromatic carbocycles. The quantitative estimate of drug-likeness (QED) is 0.652. The molecule has 0 saturated heterocycles. The number of ether oxygens (including phenoxy) is 1. The van der Waals surface area contributed by atoms with Crippen LogP contribution < -0.4 is 0 Å². The summed E-state index contributed by atoms with van der Waals surface area (Å²) < 4.78 is 5.25. The predicted octanol–water partition coefficient (Wildman–Crippen LogP) is 1.56. The molecule has 0 amide bonds. The van der Waals surface area contributed by atoms with E-state index >= 15 is 0 Å². The zero-order valence-electron chi connectivity index (χ0n) is 9.06. The van der Waals surface area contributed by atoms with E-state index in [2.05, 4.69) is 17.0 Å². The normalized spacial score (nSPS) is 20.8. The molecule has 0 N–H and O–H groups in total. The van der Waals surface area contributed by atoms with Gasteiger partial charge < -0.3 is 4.74 Å². The minimum Gasteiger partial charge on any atom is -0.446 e. The van der Waals surface area contributed by atoms with E-state index in [1.807, 2.05) is 19.2 Å². The van der Waals surface area contributed by atoms with Gasteiger partial charge in [0.1, 0.15) is 0 Å². The van der Waals surface area contributed by atoms with Gasteiger partial charge in [-0.2, -0.15) is 0 Å². The van der Waals surface area contributed by atoms with Crippen LogP contribution in [-0.2, 0) is 22.5 Å². The van der Waals surface area contributed by atoms with E-state index in [1.165, 1.54) is 18.1 Å². The molecule has 0 aromatic heterocycles. The van der Waals surface area contributed by atoms with Gasteiger partial charge in [0.15, 0.2) is 6.23 Å². The van der Waals surface area contributed by atoms with Crippen LogP contribution in [0.25, 0.3) is 0 Å². The molecule has 0 bridgehead atoms. The average molecular weight is 205 g/mol. The largest absolute Gasteiger partial charge is 0.446 e. The number of hydrogen-bond acceptors (Lipinski definition) is 3. The fourth-order valence-corrected chi connectivity index (χ4v) is 1.95. The van der Waals surface area contributed by atoms with Crippen LogP contribution >= 0.6 is 0 Å². The van der Waals surface area contributed by atoms with Gasteiger partial charge in [-0.1, -0.05) is 24.3 Å². The highest BCUT2D eigenvalue weighted by Crippen LogP contribution is 2.22. The maximum absolute atomic E-state index is 10.9. The molecule has 0 fully saturated rings. The molecular weight excluding hydrogens is 190 g/mol. The van der Waals surface area contributed by atoms with Crippen molar-refractivity contribution in [2.24, 2.45) is 0 Å². The van der Waals surface area contributed by atoms with E-state index in [4.69, 9.17) is 4.74 Å². The number of nitrogens with zero attached hydrogens (tertiary/aromatic N) is 1. The van der Waals surface area contributed by atoms with Crippen molar-refractivity contribution in [3.05, 3.63) is 35.4 Å². The molecule has 15 heavy (non-hydrogen) atoms. The van der Waals surface area contributed by atoms with Crippen molar-refractivity contribution in [1.29, 1.82) is 0 Å². The van der Waals surface area contributed by atoms with Gasteiger partial charge in [0.25, 0.3) is 0 Å². The first-order valence-electron chi connectivity index (χ1n) is 5.11. The standard InChI is InChI=1S/C12H15NO2/c1-9(14)15-12-7-10-5-3-4-6-11(10)8-13(12)2/h3-6,12H,7-8H2,1-2H3/t12-/m1/s1. The summed E-state index contributed by atoms with van der Waals surface area (Å²) in [5.74, 6) is -0.216. The number of likely N-dealkylation sites (N-methyl/N-ethyl adjacent to an activating group) is 1. The van der Waals surface area contributed by atoms with Gasteiger partial charge >= 0.3 is 5.97 Å². The molecule has 1 aliphatic heterocycles. The first-order chi connectivity index (χ1) is 7.16. The number of hydrogen-bond donors (Lipinski definition) is 0. The molecule has 0 spiro atoms. The number of carbonyl (C=O) groups excluding carboxylic acids is 1. The van der Waals surface area contributed by atoms with Crippen molar-refractivity contribution in [3.63, 3.8) is 0 Å². The van der Waals surface area contributed by atoms with E-state index in [0.717, 1.165) is 13.0 Å². The fourth-order valence-electron chi connectivity index (χ4n) is 1.95. The lowest BCUT2D eigenvalue weighted by Crippen LogP contribution is -2.40. The van der Waals surface area contributed by atoms with Crippen molar-refractivity contribution in [1.82, 2.24) is 4.90 Å². The number of carbonyl (C=O) groups is 1. The van der Waals surface area contributed by atoms with Gasteiger partial charge in [-0.25, -0.2) is 0 Å². The molecule has 1 aromatic rings. The molecule has 3 heteroatoms. The van der Waals surface area contributed by atoms with Crippen molar-refractivity contribution in [2.75, 3.05) is 7.05 Å². The summed E-state index contributed by atoms with van der Waals surface area (Å²) in [6.07, 6.45) is 0.670. The molecule has 0 unspecified atom stereocenters. The highest BCUT2D eigenvalue weighted by molar-refractivity contribution is 5.66. The average Bonchev–Trinajstić information content (AvgIpc) is 2.18. The van der Waals surface area contributed by atoms with E-state index < -0.39 is 0 Å². The van der Waals surface area contributed by atoms with Crippen LogP contribution in [0.3, 0.4) is 0 Å². The van der Waals surface area contributed by atoms with Crippen LogP contribution in [-0.4, -0.2) is 24.1 Å². The van der Waals surface area contributed by atoms with Crippen molar-refractivity contribution in [2.45, 2.75) is 26.1 Å². The lowest BCUT2D eigenvalue weighted by molar-refractivity contribution is -0.156. The monoisotopic (exact) mass is 205 g/mol. The number of fused-ring (bicyclic) bond motifs is 1. The lowest BCUT2D eigenvalue weighted by Gasteiger charge is -2.33. The summed E-state index contributed by atoms with van der Waals surface area (Å²) >= 11 is 0. The Labute approximate surface area is 89.7 Å². The van der Waals surface area contributed by atoms with E-state index in [-0.39, 0.29) is 12.2 Å². The third-order valence-corrected chi connectivity index (χ3v) is 2.73. The topological polar surface area (TPSA) is 29.5 Å². The summed E-state index contributed by atoms with van der Waals surface area (Å²) in [5.41, 5.74) is 2.60. The molecule has 3 nitrogen and oxygen atoms in total. The highest BCUT2D eigenvalue weighted by atomic mass is 16.6. The first kappa shape index (κ1) is 10.2. The Hall–Kier alpha value is -1.35. The highest BCUT2D eigenvalue weighted by Gasteiger charge is 2.24. The fraction of sp³-hybridized carbons (Fsp3) is 0.417. The van der Waals surface area contributed by atoms with E-state index in [0.29, 0.717) is 0 Å². The molecule has 0 aliphatic carbocycles. The summed E-state index contributed by atoms with van der Waals surface area (Å²) in [5, 5.41) is 0. The Morgan fingerprint density at radius 1 is 1.40 bits per heavy atom. The second-order valence-corrected chi connectivity index (χ2v) is 3.95. The Bertz CT molecular complexity index is 376. The van der Waals surface area contributed by atoms with Gasteiger partial charge in [-0.05, 0) is 18.2 Å². The van der Waals surface area contributed by atoms with Gasteiger partial charge in [0.05, 0.1) is 0 Å². The predicted molar refractivity (Wildman–Crippen MR) is 57.2 cm³/mol. The Morgan fingerprint density at radius 2 is 2.07 bits per heavy atom. The van der Waals surface area contributed by atoms with Crippen molar-refractivity contribution < 1.29 is 9.53 Å². The SMILES string of the molecule is CC(=O)O[C@@H]1Cc2ccccc2CN1C. The molecule has 2 rings (SSSR count). The zero-order chi connectivity index (χ0) is 10.8. The Balaban J connectivity index is 2.18. The molecule has 1 atom stereocenters. The number of esters is 1. The van der Waals surface area contributed by atoms with Crippen molar-refractivity contribution >= 4 is 5.97 Å². The Morgan fingerprint density at radius 3 is 2.73 bits per heavy atom. The van der Waals surface area contributed by atoms with E-state index in [9.17, 15) is 4.79 Å². The summed E-state index contributed by atoms with van der Waals surface area (Å²) in [6.45, 7) is 2.29. The maximum Gasteiger partial charge on any atom is 0.304 e. The summed E-state index contributed by atoms with van der Waals surface area (Å²) in [7, 11) is 1.98. The van der Waals surface area contributed by atoms with Gasteiger partial charge in [0.2, 0.25) is 0 Å². The maximum atomic E-state index is 10.9. The molecule has 80 valence electrons. The van der Waals surface area contributed by atoms with Gasteiger partial charge in [-0.3, -0.25) is 9.69 Å². The smallest absolute Gasteiger partial charge is 0.304 e. The second-order valence-electron chi connectivity index (χ2n) is 3.95. The van der Waals surface area contributed by atoms with Crippen LogP contribution in [0.4, 0.5) is 0 Å². The third-order valence-electron chi connectivity index (χ3n) is 2.73. The minimum absolute atomic E-state index is 0.114. The molecule has 1 heterocycles. The lowest BCUT2D eigenvalue weighted by atomic mass is 9.99. The number of benzene rings is 1.